The number of anilines is 1. The number of esters is 1. The Balaban J connectivity index is 1.71. The van der Waals surface area contributed by atoms with Gasteiger partial charge in [0.2, 0.25) is 5.82 Å². The van der Waals surface area contributed by atoms with E-state index in [0.717, 1.165) is 10.9 Å². The molecule has 0 unspecified atom stereocenters. The molecular weight excluding hydrogens is 490 g/mol. The van der Waals surface area contributed by atoms with Crippen LogP contribution in [0.25, 0.3) is 22.2 Å². The minimum atomic E-state index is -0.634. The van der Waals surface area contributed by atoms with Gasteiger partial charge in [0.1, 0.15) is 18.0 Å². The third-order valence-electron chi connectivity index (χ3n) is 5.80. The summed E-state index contributed by atoms with van der Waals surface area (Å²) in [6.07, 6.45) is 5.35. The minimum absolute atomic E-state index is 0.00889. The van der Waals surface area contributed by atoms with E-state index in [4.69, 9.17) is 15.9 Å². The van der Waals surface area contributed by atoms with Crippen molar-refractivity contribution in [2.75, 3.05) is 11.9 Å². The second-order valence-corrected chi connectivity index (χ2v) is 10.4. The molecule has 198 valence electrons. The van der Waals surface area contributed by atoms with Crippen LogP contribution >= 0.6 is 0 Å². The highest BCUT2D eigenvalue weighted by molar-refractivity contribution is 6.05. The summed E-state index contributed by atoms with van der Waals surface area (Å²) in [5.41, 5.74) is 3.31. The molecule has 0 saturated carbocycles. The molecular formula is C32H31N3O4. The summed E-state index contributed by atoms with van der Waals surface area (Å²) in [5, 5.41) is 3.53. The van der Waals surface area contributed by atoms with Crippen LogP contribution in [0.2, 0.25) is 0 Å². The fourth-order valence-electron chi connectivity index (χ4n) is 3.92. The van der Waals surface area contributed by atoms with Crippen LogP contribution in [0, 0.1) is 12.3 Å². The highest BCUT2D eigenvalue weighted by atomic mass is 16.6. The number of nitrogens with one attached hydrogen (secondary N) is 1. The Bertz CT molecular complexity index is 1560. The molecule has 39 heavy (non-hydrogen) atoms. The molecule has 0 aliphatic carbocycles. The van der Waals surface area contributed by atoms with Crippen molar-refractivity contribution in [2.45, 2.75) is 46.1 Å². The van der Waals surface area contributed by atoms with E-state index in [1.54, 1.807) is 57.2 Å². The number of carbonyl (C=O) groups is 2. The number of amides is 1. The lowest BCUT2D eigenvalue weighted by molar-refractivity contribution is 0.00694. The number of benzene rings is 3. The molecule has 1 amide bonds. The molecule has 0 spiro atoms. The molecule has 1 N–H and O–H groups in total. The van der Waals surface area contributed by atoms with Gasteiger partial charge in [-0.1, -0.05) is 50.1 Å². The van der Waals surface area contributed by atoms with Crippen molar-refractivity contribution in [3.8, 4) is 29.4 Å². The first-order chi connectivity index (χ1) is 18.5. The Morgan fingerprint density at radius 2 is 1.74 bits per heavy atom. The van der Waals surface area contributed by atoms with Crippen LogP contribution in [0.5, 0.6) is 5.75 Å². The van der Waals surface area contributed by atoms with E-state index in [2.05, 4.69) is 47.2 Å². The van der Waals surface area contributed by atoms with Crippen molar-refractivity contribution in [1.82, 2.24) is 9.97 Å². The minimum Gasteiger partial charge on any atom is -0.481 e. The summed E-state index contributed by atoms with van der Waals surface area (Å²) in [6, 6.07) is 20.0. The first-order valence-electron chi connectivity index (χ1n) is 12.7. The van der Waals surface area contributed by atoms with E-state index in [-0.39, 0.29) is 12.4 Å². The molecule has 0 saturated heterocycles. The molecule has 1 aromatic heterocycles. The lowest BCUT2D eigenvalue weighted by Crippen LogP contribution is -2.24. The lowest BCUT2D eigenvalue weighted by Gasteiger charge is -2.19. The van der Waals surface area contributed by atoms with E-state index in [1.165, 1.54) is 5.56 Å². The molecule has 0 atom stereocenters. The average Bonchev–Trinajstić information content (AvgIpc) is 2.90. The van der Waals surface area contributed by atoms with E-state index in [1.807, 2.05) is 18.2 Å². The number of nitrogens with zero attached hydrogens (tertiary/aromatic N) is 2. The van der Waals surface area contributed by atoms with Gasteiger partial charge in [-0.05, 0) is 68.7 Å². The number of hydrogen-bond acceptors (Lipinski definition) is 6. The summed E-state index contributed by atoms with van der Waals surface area (Å²) >= 11 is 0. The van der Waals surface area contributed by atoms with Gasteiger partial charge in [-0.2, -0.15) is 0 Å². The van der Waals surface area contributed by atoms with E-state index in [9.17, 15) is 9.59 Å². The smallest absolute Gasteiger partial charge is 0.338 e. The molecule has 7 heteroatoms. The summed E-state index contributed by atoms with van der Waals surface area (Å²) in [6.45, 7) is 9.78. The maximum absolute atomic E-state index is 13.3. The summed E-state index contributed by atoms with van der Waals surface area (Å²) in [5.74, 6) is 2.43. The van der Waals surface area contributed by atoms with Crippen molar-refractivity contribution < 1.29 is 19.1 Å². The Morgan fingerprint density at radius 1 is 1.00 bits per heavy atom. The number of terminal acetylenes is 1. The Hall–Kier alpha value is -4.70. The van der Waals surface area contributed by atoms with Crippen LogP contribution in [0.3, 0.4) is 0 Å². The van der Waals surface area contributed by atoms with Crippen LogP contribution in [-0.4, -0.2) is 34.1 Å². The quantitative estimate of drug-likeness (QED) is 0.217. The first-order valence-corrected chi connectivity index (χ1v) is 12.7. The van der Waals surface area contributed by atoms with Crippen molar-refractivity contribution in [2.24, 2.45) is 0 Å². The van der Waals surface area contributed by atoms with Crippen molar-refractivity contribution in [3.05, 3.63) is 83.7 Å². The number of hydrogen-bond donors (Lipinski definition) is 1. The molecule has 7 nitrogen and oxygen atoms in total. The van der Waals surface area contributed by atoms with Gasteiger partial charge in [0, 0.05) is 16.6 Å². The fourth-order valence-corrected chi connectivity index (χ4v) is 3.92. The number of carbonyl (C=O) groups excluding carboxylic acids is 2. The zero-order valence-corrected chi connectivity index (χ0v) is 22.7. The van der Waals surface area contributed by atoms with Crippen LogP contribution in [-0.2, 0) is 4.74 Å². The maximum Gasteiger partial charge on any atom is 0.338 e. The number of fused-ring (bicyclic) bond motifs is 1. The second kappa shape index (κ2) is 11.4. The molecule has 0 aliphatic rings. The van der Waals surface area contributed by atoms with Gasteiger partial charge >= 0.3 is 5.97 Å². The molecule has 4 rings (SSSR count). The largest absolute Gasteiger partial charge is 0.481 e. The highest BCUT2D eigenvalue weighted by Gasteiger charge is 2.20. The Morgan fingerprint density at radius 3 is 2.41 bits per heavy atom. The number of rotatable bonds is 7. The number of aromatic nitrogens is 2. The standard InChI is InChI=1S/C32H31N3O4/c1-7-17-38-25-15-16-27-26(19-25)28(22-13-11-21(12-14-22)20(2)3)35-29(34-27)30(36)33-24-10-8-9-23(18-24)31(37)39-32(4,5)6/h1,8-16,18-20H,17H2,2-6H3,(H,33,36). The third kappa shape index (κ3) is 6.79. The monoisotopic (exact) mass is 521 g/mol. The van der Waals surface area contributed by atoms with Crippen molar-refractivity contribution >= 4 is 28.5 Å². The summed E-state index contributed by atoms with van der Waals surface area (Å²) < 4.78 is 11.1. The van der Waals surface area contributed by atoms with Crippen molar-refractivity contribution in [1.29, 1.82) is 0 Å². The van der Waals surface area contributed by atoms with Gasteiger partial charge in [0.25, 0.3) is 5.91 Å². The van der Waals surface area contributed by atoms with Crippen LogP contribution in [0.15, 0.2) is 66.7 Å². The van der Waals surface area contributed by atoms with E-state index >= 15 is 0 Å². The summed E-state index contributed by atoms with van der Waals surface area (Å²) in [7, 11) is 0. The average molecular weight is 522 g/mol. The lowest BCUT2D eigenvalue weighted by atomic mass is 9.99. The second-order valence-electron chi connectivity index (χ2n) is 10.4. The first kappa shape index (κ1) is 27.3. The SMILES string of the molecule is C#CCOc1ccc2nc(C(=O)Nc3cccc(C(=O)OC(C)(C)C)c3)nc(-c3ccc(C(C)C)cc3)c2c1. The van der Waals surface area contributed by atoms with Gasteiger partial charge < -0.3 is 14.8 Å². The Kier molecular flexibility index (Phi) is 7.96. The van der Waals surface area contributed by atoms with Crippen LogP contribution in [0.1, 0.15) is 67.1 Å². The van der Waals surface area contributed by atoms with Crippen LogP contribution in [0.4, 0.5) is 5.69 Å². The highest BCUT2D eigenvalue weighted by Crippen LogP contribution is 2.30. The maximum atomic E-state index is 13.3. The third-order valence-corrected chi connectivity index (χ3v) is 5.80. The van der Waals surface area contributed by atoms with E-state index in [0.29, 0.717) is 34.1 Å². The zero-order chi connectivity index (χ0) is 28.2. The molecule has 0 bridgehead atoms. The zero-order valence-electron chi connectivity index (χ0n) is 22.7. The van der Waals surface area contributed by atoms with Gasteiger partial charge in [-0.3, -0.25) is 4.79 Å². The number of ether oxygens (including phenoxy) is 2. The molecule has 1 heterocycles. The fraction of sp³-hybridized carbons (Fsp3) is 0.250. The predicted octanol–water partition coefficient (Wildman–Crippen LogP) is 6.64. The van der Waals surface area contributed by atoms with Crippen LogP contribution < -0.4 is 10.1 Å². The van der Waals surface area contributed by atoms with Gasteiger partial charge in [-0.15, -0.1) is 6.42 Å². The predicted molar refractivity (Wildman–Crippen MR) is 153 cm³/mol. The van der Waals surface area contributed by atoms with Crippen molar-refractivity contribution in [3.63, 3.8) is 0 Å². The molecule has 0 aliphatic heterocycles. The topological polar surface area (TPSA) is 90.4 Å². The molecule has 4 aromatic rings. The van der Waals surface area contributed by atoms with Gasteiger partial charge in [0.15, 0.2) is 0 Å². The normalized spacial score (nSPS) is 11.2. The van der Waals surface area contributed by atoms with Gasteiger partial charge in [0.05, 0.1) is 16.8 Å². The molecule has 0 fully saturated rings. The Labute approximate surface area is 228 Å². The molecule has 0 radical (unpaired) electrons. The summed E-state index contributed by atoms with van der Waals surface area (Å²) in [4.78, 5) is 35.0. The van der Waals surface area contributed by atoms with Gasteiger partial charge in [-0.25, -0.2) is 14.8 Å². The van der Waals surface area contributed by atoms with E-state index < -0.39 is 17.5 Å². The molecule has 3 aromatic carbocycles.